The van der Waals surface area contributed by atoms with Crippen LogP contribution in [0.1, 0.15) is 44.9 Å². The van der Waals surface area contributed by atoms with Crippen LogP contribution in [-0.2, 0) is 25.4 Å². The second-order valence-corrected chi connectivity index (χ2v) is 6.41. The number of rotatable bonds is 4. The van der Waals surface area contributed by atoms with E-state index in [1.807, 2.05) is 35.6 Å². The van der Waals surface area contributed by atoms with Gasteiger partial charge >= 0.3 is 18.0 Å². The maximum Gasteiger partial charge on any atom is 0.413 e. The summed E-state index contributed by atoms with van der Waals surface area (Å²) in [7, 11) is 1.11. The number of cyclic esters (lactones) is 1. The van der Waals surface area contributed by atoms with Crippen LogP contribution in [0.5, 0.6) is 0 Å². The molecular formula is C21H19NO7. The van der Waals surface area contributed by atoms with Gasteiger partial charge in [0.15, 0.2) is 6.10 Å². The minimum absolute atomic E-state index is 0.183. The predicted molar refractivity (Wildman–Crippen MR) is 100 cm³/mol. The topological polar surface area (TPSA) is 108 Å². The molecule has 1 aliphatic rings. The van der Waals surface area contributed by atoms with E-state index in [4.69, 9.17) is 9.47 Å². The largest absolute Gasteiger partial charge is 0.454 e. The molecule has 2 atom stereocenters. The van der Waals surface area contributed by atoms with Gasteiger partial charge in [-0.15, -0.1) is 0 Å². The number of nitrogens with one attached hydrogen (secondary N) is 1. The summed E-state index contributed by atoms with van der Waals surface area (Å²) in [6.07, 6.45) is -2.20. The Hall–Kier alpha value is -3.68. The molecular weight excluding hydrogens is 378 g/mol. The lowest BCUT2D eigenvalue weighted by Crippen LogP contribution is -2.39. The Kier molecular flexibility index (Phi) is 5.92. The molecule has 150 valence electrons. The standard InChI is InChI=1S/C21H19NO7/c1-12(18(23)22-21(26)27-2)28-19(24)14-8-9-16-15(10-14)11-17(29-20(16)25)13-6-4-3-5-7-13/h3-10,12,17H,11H2,1-2H3,(H,22,23,26)/t12-,17+/m0/s1. The molecule has 2 aromatic rings. The molecule has 1 N–H and O–H groups in total. The highest BCUT2D eigenvalue weighted by atomic mass is 16.6. The number of esters is 2. The molecule has 2 amide bonds. The maximum atomic E-state index is 12.4. The number of carbonyl (C=O) groups excluding carboxylic acids is 4. The lowest BCUT2D eigenvalue weighted by Gasteiger charge is -2.25. The molecule has 0 spiro atoms. The number of fused-ring (bicyclic) bond motifs is 1. The van der Waals surface area contributed by atoms with E-state index in [9.17, 15) is 19.2 Å². The number of benzene rings is 2. The second-order valence-electron chi connectivity index (χ2n) is 6.41. The van der Waals surface area contributed by atoms with Crippen molar-refractivity contribution in [1.29, 1.82) is 0 Å². The van der Waals surface area contributed by atoms with Gasteiger partial charge in [0.2, 0.25) is 0 Å². The van der Waals surface area contributed by atoms with E-state index in [0.29, 0.717) is 17.5 Å². The zero-order valence-electron chi connectivity index (χ0n) is 15.8. The van der Waals surface area contributed by atoms with Gasteiger partial charge in [0.1, 0.15) is 6.10 Å². The molecule has 8 heteroatoms. The fourth-order valence-corrected chi connectivity index (χ4v) is 2.91. The summed E-state index contributed by atoms with van der Waals surface area (Å²) in [5, 5.41) is 1.93. The van der Waals surface area contributed by atoms with E-state index in [1.54, 1.807) is 6.07 Å². The third-order valence-corrected chi connectivity index (χ3v) is 4.45. The molecule has 3 rings (SSSR count). The summed E-state index contributed by atoms with van der Waals surface area (Å²) in [5.41, 5.74) is 2.07. The lowest BCUT2D eigenvalue weighted by molar-refractivity contribution is -0.128. The van der Waals surface area contributed by atoms with E-state index in [-0.39, 0.29) is 5.56 Å². The molecule has 0 aliphatic carbocycles. The first-order valence-electron chi connectivity index (χ1n) is 8.87. The van der Waals surface area contributed by atoms with E-state index in [0.717, 1.165) is 12.7 Å². The molecule has 0 aromatic heterocycles. The van der Waals surface area contributed by atoms with Crippen LogP contribution in [0.15, 0.2) is 48.5 Å². The van der Waals surface area contributed by atoms with Crippen molar-refractivity contribution < 1.29 is 33.4 Å². The van der Waals surface area contributed by atoms with Crippen molar-refractivity contribution in [2.24, 2.45) is 0 Å². The summed E-state index contributed by atoms with van der Waals surface area (Å²) in [4.78, 5) is 47.6. The molecule has 1 aliphatic heterocycles. The van der Waals surface area contributed by atoms with Crippen molar-refractivity contribution in [2.75, 3.05) is 7.11 Å². The molecule has 0 saturated carbocycles. The first-order chi connectivity index (χ1) is 13.9. The fraction of sp³-hybridized carbons (Fsp3) is 0.238. The first-order valence-corrected chi connectivity index (χ1v) is 8.87. The zero-order valence-corrected chi connectivity index (χ0v) is 15.8. The summed E-state index contributed by atoms with van der Waals surface area (Å²) >= 11 is 0. The fourth-order valence-electron chi connectivity index (χ4n) is 2.91. The second kappa shape index (κ2) is 8.55. The van der Waals surface area contributed by atoms with Gasteiger partial charge in [-0.2, -0.15) is 0 Å². The summed E-state index contributed by atoms with van der Waals surface area (Å²) in [6.45, 7) is 1.33. The number of imide groups is 1. The Morgan fingerprint density at radius 2 is 1.86 bits per heavy atom. The van der Waals surface area contributed by atoms with Gasteiger partial charge in [0.25, 0.3) is 5.91 Å². The van der Waals surface area contributed by atoms with E-state index < -0.39 is 36.1 Å². The monoisotopic (exact) mass is 397 g/mol. The van der Waals surface area contributed by atoms with E-state index >= 15 is 0 Å². The molecule has 29 heavy (non-hydrogen) atoms. The van der Waals surface area contributed by atoms with Crippen molar-refractivity contribution in [1.82, 2.24) is 5.32 Å². The minimum Gasteiger partial charge on any atom is -0.454 e. The smallest absolute Gasteiger partial charge is 0.413 e. The quantitative estimate of drug-likeness (QED) is 0.624. The van der Waals surface area contributed by atoms with Gasteiger partial charge < -0.3 is 14.2 Å². The Bertz CT molecular complexity index is 955. The molecule has 0 unspecified atom stereocenters. The Morgan fingerprint density at radius 1 is 1.14 bits per heavy atom. The highest BCUT2D eigenvalue weighted by molar-refractivity contribution is 5.98. The summed E-state index contributed by atoms with van der Waals surface area (Å²) < 4.78 is 14.9. The third-order valence-electron chi connectivity index (χ3n) is 4.45. The van der Waals surface area contributed by atoms with Crippen molar-refractivity contribution in [3.63, 3.8) is 0 Å². The van der Waals surface area contributed by atoms with Crippen LogP contribution in [-0.4, -0.2) is 37.2 Å². The molecule has 1 heterocycles. The average molecular weight is 397 g/mol. The normalized spacial score (nSPS) is 16.1. The van der Waals surface area contributed by atoms with Gasteiger partial charge in [0.05, 0.1) is 18.2 Å². The number of alkyl carbamates (subject to hydrolysis) is 1. The molecule has 0 saturated heterocycles. The predicted octanol–water partition coefficient (Wildman–Crippen LogP) is 2.57. The SMILES string of the molecule is COC(=O)NC(=O)[C@H](C)OC(=O)c1ccc2c(c1)C[C@H](c1ccccc1)OC2=O. The van der Waals surface area contributed by atoms with Gasteiger partial charge in [-0.1, -0.05) is 30.3 Å². The van der Waals surface area contributed by atoms with Gasteiger partial charge in [-0.25, -0.2) is 14.4 Å². The summed E-state index contributed by atoms with van der Waals surface area (Å²) in [5.74, 6) is -2.03. The number of amides is 2. The van der Waals surface area contributed by atoms with Crippen LogP contribution in [0.2, 0.25) is 0 Å². The number of hydrogen-bond acceptors (Lipinski definition) is 7. The average Bonchev–Trinajstić information content (AvgIpc) is 2.73. The van der Waals surface area contributed by atoms with Crippen LogP contribution in [0.4, 0.5) is 4.79 Å². The minimum atomic E-state index is -1.21. The Labute approximate surface area is 166 Å². The van der Waals surface area contributed by atoms with Crippen molar-refractivity contribution >= 4 is 23.9 Å². The third kappa shape index (κ3) is 4.60. The summed E-state index contributed by atoms with van der Waals surface area (Å²) in [6, 6.07) is 13.8. The molecule has 2 aromatic carbocycles. The first kappa shape index (κ1) is 20.1. The highest BCUT2D eigenvalue weighted by Crippen LogP contribution is 2.31. The molecule has 0 radical (unpaired) electrons. The van der Waals surface area contributed by atoms with Crippen molar-refractivity contribution in [3.05, 3.63) is 70.8 Å². The Morgan fingerprint density at radius 3 is 2.55 bits per heavy atom. The van der Waals surface area contributed by atoms with Crippen LogP contribution < -0.4 is 5.32 Å². The van der Waals surface area contributed by atoms with E-state index in [2.05, 4.69) is 4.74 Å². The number of hydrogen-bond donors (Lipinski definition) is 1. The van der Waals surface area contributed by atoms with Crippen molar-refractivity contribution in [2.45, 2.75) is 25.6 Å². The van der Waals surface area contributed by atoms with Crippen molar-refractivity contribution in [3.8, 4) is 0 Å². The van der Waals surface area contributed by atoms with Crippen LogP contribution >= 0.6 is 0 Å². The number of methoxy groups -OCH3 is 1. The van der Waals surface area contributed by atoms with Gasteiger partial charge in [0, 0.05) is 6.42 Å². The Balaban J connectivity index is 1.74. The van der Waals surface area contributed by atoms with Crippen LogP contribution in [0, 0.1) is 0 Å². The molecule has 8 nitrogen and oxygen atoms in total. The molecule has 0 fully saturated rings. The van der Waals surface area contributed by atoms with Crippen LogP contribution in [0.3, 0.4) is 0 Å². The number of ether oxygens (including phenoxy) is 3. The molecule has 0 bridgehead atoms. The zero-order chi connectivity index (χ0) is 21.0. The van der Waals surface area contributed by atoms with Crippen LogP contribution in [0.25, 0.3) is 0 Å². The van der Waals surface area contributed by atoms with E-state index in [1.165, 1.54) is 19.1 Å². The lowest BCUT2D eigenvalue weighted by atomic mass is 9.93. The van der Waals surface area contributed by atoms with Gasteiger partial charge in [-0.05, 0) is 36.2 Å². The number of carbonyl (C=O) groups is 4. The highest BCUT2D eigenvalue weighted by Gasteiger charge is 2.29. The maximum absolute atomic E-state index is 12.4. The van der Waals surface area contributed by atoms with Gasteiger partial charge in [-0.3, -0.25) is 10.1 Å².